The SMILES string of the molecule is COCCOCCOCCOCC(=O)c1ccccc1F. The molecule has 21 heavy (non-hydrogen) atoms. The maximum atomic E-state index is 13.3. The molecule has 5 nitrogen and oxygen atoms in total. The third-order valence-electron chi connectivity index (χ3n) is 2.58. The van der Waals surface area contributed by atoms with Crippen LogP contribution in [0.3, 0.4) is 0 Å². The van der Waals surface area contributed by atoms with E-state index in [9.17, 15) is 9.18 Å². The van der Waals surface area contributed by atoms with Gasteiger partial charge in [-0.25, -0.2) is 4.39 Å². The second kappa shape index (κ2) is 11.3. The zero-order valence-corrected chi connectivity index (χ0v) is 12.2. The molecule has 0 unspecified atom stereocenters. The lowest BCUT2D eigenvalue weighted by Crippen LogP contribution is -2.15. The zero-order chi connectivity index (χ0) is 15.3. The van der Waals surface area contributed by atoms with Crippen molar-refractivity contribution in [1.82, 2.24) is 0 Å². The number of hydrogen-bond donors (Lipinski definition) is 0. The van der Waals surface area contributed by atoms with Gasteiger partial charge in [-0.3, -0.25) is 4.79 Å². The molecular weight excluding hydrogens is 279 g/mol. The van der Waals surface area contributed by atoms with Crippen LogP contribution in [0.15, 0.2) is 24.3 Å². The highest BCUT2D eigenvalue weighted by molar-refractivity contribution is 5.97. The summed E-state index contributed by atoms with van der Waals surface area (Å²) in [6.07, 6.45) is 0. The van der Waals surface area contributed by atoms with Crippen LogP contribution in [0.25, 0.3) is 0 Å². The Balaban J connectivity index is 1.99. The third kappa shape index (κ3) is 7.87. The summed E-state index contributed by atoms with van der Waals surface area (Å²) in [7, 11) is 1.61. The molecule has 0 amide bonds. The zero-order valence-electron chi connectivity index (χ0n) is 12.2. The van der Waals surface area contributed by atoms with Gasteiger partial charge < -0.3 is 18.9 Å². The highest BCUT2D eigenvalue weighted by atomic mass is 19.1. The van der Waals surface area contributed by atoms with Gasteiger partial charge in [-0.2, -0.15) is 0 Å². The van der Waals surface area contributed by atoms with Crippen LogP contribution in [-0.2, 0) is 18.9 Å². The number of carbonyl (C=O) groups is 1. The molecule has 6 heteroatoms. The number of Topliss-reactive ketones (excluding diaryl/α,β-unsaturated/α-hetero) is 1. The number of hydrogen-bond acceptors (Lipinski definition) is 5. The topological polar surface area (TPSA) is 54.0 Å². The van der Waals surface area contributed by atoms with Gasteiger partial charge in [0.1, 0.15) is 12.4 Å². The molecule has 0 radical (unpaired) electrons. The number of ether oxygens (including phenoxy) is 4. The molecule has 0 heterocycles. The molecule has 1 aromatic rings. The predicted octanol–water partition coefficient (Wildman–Crippen LogP) is 1.70. The molecule has 1 rings (SSSR count). The Bertz CT molecular complexity index is 411. The van der Waals surface area contributed by atoms with E-state index in [0.29, 0.717) is 33.0 Å². The van der Waals surface area contributed by atoms with Crippen LogP contribution in [0.4, 0.5) is 4.39 Å². The van der Waals surface area contributed by atoms with Gasteiger partial charge in [0.15, 0.2) is 5.78 Å². The molecule has 0 spiro atoms. The molecule has 0 fully saturated rings. The van der Waals surface area contributed by atoms with E-state index in [1.165, 1.54) is 18.2 Å². The Labute approximate surface area is 123 Å². The number of rotatable bonds is 12. The van der Waals surface area contributed by atoms with Gasteiger partial charge in [0.25, 0.3) is 0 Å². The van der Waals surface area contributed by atoms with Gasteiger partial charge in [0.2, 0.25) is 0 Å². The monoisotopic (exact) mass is 300 g/mol. The molecule has 0 N–H and O–H groups in total. The third-order valence-corrected chi connectivity index (χ3v) is 2.58. The molecule has 0 aliphatic heterocycles. The molecule has 0 bridgehead atoms. The van der Waals surface area contributed by atoms with Crippen LogP contribution < -0.4 is 0 Å². The number of benzene rings is 1. The first-order valence-corrected chi connectivity index (χ1v) is 6.75. The first kappa shape index (κ1) is 17.7. The Morgan fingerprint density at radius 3 is 2.14 bits per heavy atom. The molecule has 0 saturated carbocycles. The molecule has 0 aliphatic rings. The Hall–Kier alpha value is -1.34. The van der Waals surface area contributed by atoms with E-state index < -0.39 is 5.82 Å². The first-order valence-electron chi connectivity index (χ1n) is 6.75. The minimum Gasteiger partial charge on any atom is -0.382 e. The predicted molar refractivity (Wildman–Crippen MR) is 75.1 cm³/mol. The van der Waals surface area contributed by atoms with Crippen LogP contribution in [0, 0.1) is 5.82 Å². The molecule has 1 aromatic carbocycles. The maximum absolute atomic E-state index is 13.3. The lowest BCUT2D eigenvalue weighted by Gasteiger charge is -2.06. The molecule has 0 atom stereocenters. The van der Waals surface area contributed by atoms with Crippen molar-refractivity contribution in [1.29, 1.82) is 0 Å². The molecule has 0 aromatic heterocycles. The largest absolute Gasteiger partial charge is 0.382 e. The summed E-state index contributed by atoms with van der Waals surface area (Å²) < 4.78 is 33.7. The Morgan fingerprint density at radius 2 is 1.52 bits per heavy atom. The highest BCUT2D eigenvalue weighted by Crippen LogP contribution is 2.07. The summed E-state index contributed by atoms with van der Waals surface area (Å²) in [6.45, 7) is 2.51. The molecular formula is C15H21FO5. The lowest BCUT2D eigenvalue weighted by atomic mass is 10.1. The van der Waals surface area contributed by atoms with Crippen molar-refractivity contribution >= 4 is 5.78 Å². The van der Waals surface area contributed by atoms with Crippen molar-refractivity contribution in [3.8, 4) is 0 Å². The fourth-order valence-corrected chi connectivity index (χ4v) is 1.51. The standard InChI is InChI=1S/C15H21FO5/c1-18-6-7-19-8-9-20-10-11-21-12-15(17)13-4-2-3-5-14(13)16/h2-5H,6-12H2,1H3. The number of methoxy groups -OCH3 is 1. The number of ketones is 1. The molecule has 118 valence electrons. The number of carbonyl (C=O) groups excluding carboxylic acids is 1. The van der Waals surface area contributed by atoms with E-state index in [2.05, 4.69) is 0 Å². The first-order chi connectivity index (χ1) is 10.3. The fourth-order valence-electron chi connectivity index (χ4n) is 1.51. The van der Waals surface area contributed by atoms with Crippen LogP contribution in [0.5, 0.6) is 0 Å². The van der Waals surface area contributed by atoms with Crippen molar-refractivity contribution in [2.45, 2.75) is 0 Å². The summed E-state index contributed by atoms with van der Waals surface area (Å²) in [4.78, 5) is 11.7. The van der Waals surface area contributed by atoms with Crippen molar-refractivity contribution in [3.05, 3.63) is 35.6 Å². The van der Waals surface area contributed by atoms with E-state index in [4.69, 9.17) is 18.9 Å². The van der Waals surface area contributed by atoms with Gasteiger partial charge in [0, 0.05) is 7.11 Å². The normalized spacial score (nSPS) is 10.8. The van der Waals surface area contributed by atoms with Crippen molar-refractivity contribution in [2.75, 3.05) is 53.4 Å². The maximum Gasteiger partial charge on any atom is 0.191 e. The molecule has 0 saturated heterocycles. The van der Waals surface area contributed by atoms with Crippen molar-refractivity contribution in [3.63, 3.8) is 0 Å². The molecule has 0 aliphatic carbocycles. The van der Waals surface area contributed by atoms with E-state index in [0.717, 1.165) is 0 Å². The van der Waals surface area contributed by atoms with Crippen LogP contribution in [0.1, 0.15) is 10.4 Å². The second-order valence-electron chi connectivity index (χ2n) is 4.17. The van der Waals surface area contributed by atoms with Gasteiger partial charge in [-0.15, -0.1) is 0 Å². The van der Waals surface area contributed by atoms with Gasteiger partial charge >= 0.3 is 0 Å². The van der Waals surface area contributed by atoms with Gasteiger partial charge in [-0.1, -0.05) is 12.1 Å². The second-order valence-corrected chi connectivity index (χ2v) is 4.17. The smallest absolute Gasteiger partial charge is 0.191 e. The van der Waals surface area contributed by atoms with Gasteiger partial charge in [0.05, 0.1) is 45.2 Å². The minimum absolute atomic E-state index is 0.0463. The van der Waals surface area contributed by atoms with Crippen LogP contribution in [-0.4, -0.2) is 59.1 Å². The van der Waals surface area contributed by atoms with Crippen LogP contribution >= 0.6 is 0 Å². The Morgan fingerprint density at radius 1 is 0.952 bits per heavy atom. The quantitative estimate of drug-likeness (QED) is 0.434. The average Bonchev–Trinajstić information content (AvgIpc) is 2.49. The van der Waals surface area contributed by atoms with Crippen molar-refractivity contribution < 1.29 is 28.1 Å². The Kier molecular flexibility index (Phi) is 9.56. The van der Waals surface area contributed by atoms with E-state index in [-0.39, 0.29) is 24.6 Å². The lowest BCUT2D eigenvalue weighted by molar-refractivity contribution is 0.00488. The summed E-state index contributed by atoms with van der Waals surface area (Å²) in [5.74, 6) is -0.911. The van der Waals surface area contributed by atoms with Crippen molar-refractivity contribution in [2.24, 2.45) is 0 Å². The summed E-state index contributed by atoms with van der Waals surface area (Å²) >= 11 is 0. The van der Waals surface area contributed by atoms with E-state index in [1.54, 1.807) is 13.2 Å². The summed E-state index contributed by atoms with van der Waals surface area (Å²) in [5, 5.41) is 0. The van der Waals surface area contributed by atoms with Gasteiger partial charge in [-0.05, 0) is 12.1 Å². The van der Waals surface area contributed by atoms with Crippen LogP contribution in [0.2, 0.25) is 0 Å². The minimum atomic E-state index is -0.532. The highest BCUT2D eigenvalue weighted by Gasteiger charge is 2.10. The average molecular weight is 300 g/mol. The fraction of sp³-hybridized carbons (Fsp3) is 0.533. The van der Waals surface area contributed by atoms with E-state index >= 15 is 0 Å². The summed E-state index contributed by atoms with van der Waals surface area (Å²) in [6, 6.07) is 5.84. The summed E-state index contributed by atoms with van der Waals surface area (Å²) in [5.41, 5.74) is 0.0463. The van der Waals surface area contributed by atoms with E-state index in [1.807, 2.05) is 0 Å². The number of halogens is 1.